The standard InChI is InChI=1S/C17H24N4O2.ClH/c1-10-14(12(3)20-17(23)15(10)9-18)5-6-16(22)21-8-7-19-11(2)13(21)4;/h11,13,19H,5-8H2,1-4H3,(H,20,23);1H. The number of carbonyl (C=O) groups is 1. The summed E-state index contributed by atoms with van der Waals surface area (Å²) in [5, 5.41) is 12.5. The van der Waals surface area contributed by atoms with Gasteiger partial charge in [-0.2, -0.15) is 5.26 Å². The van der Waals surface area contributed by atoms with Gasteiger partial charge in [-0.1, -0.05) is 0 Å². The van der Waals surface area contributed by atoms with E-state index >= 15 is 0 Å². The number of hydrogen-bond donors (Lipinski definition) is 2. The van der Waals surface area contributed by atoms with E-state index in [0.717, 1.165) is 24.3 Å². The fraction of sp³-hybridized carbons (Fsp3) is 0.588. The molecule has 1 aromatic rings. The Morgan fingerprint density at radius 3 is 2.67 bits per heavy atom. The lowest BCUT2D eigenvalue weighted by atomic mass is 9.98. The number of aromatic amines is 1. The Balaban J connectivity index is 0.00000288. The van der Waals surface area contributed by atoms with E-state index in [0.29, 0.717) is 18.4 Å². The van der Waals surface area contributed by atoms with E-state index in [4.69, 9.17) is 5.26 Å². The molecular weight excluding hydrogens is 328 g/mol. The van der Waals surface area contributed by atoms with Crippen LogP contribution in [0.5, 0.6) is 0 Å². The van der Waals surface area contributed by atoms with Crippen molar-refractivity contribution in [3.63, 3.8) is 0 Å². The number of nitrogens with one attached hydrogen (secondary N) is 2. The lowest BCUT2D eigenvalue weighted by molar-refractivity contribution is -0.134. The van der Waals surface area contributed by atoms with E-state index in [-0.39, 0.29) is 41.5 Å². The van der Waals surface area contributed by atoms with Gasteiger partial charge >= 0.3 is 0 Å². The van der Waals surface area contributed by atoms with Gasteiger partial charge in [0, 0.05) is 37.3 Å². The van der Waals surface area contributed by atoms with Crippen molar-refractivity contribution in [3.8, 4) is 6.07 Å². The highest BCUT2D eigenvalue weighted by molar-refractivity contribution is 5.85. The predicted molar refractivity (Wildman–Crippen MR) is 95.5 cm³/mol. The number of aryl methyl sites for hydroxylation is 1. The lowest BCUT2D eigenvalue weighted by Crippen LogP contribution is -2.57. The molecule has 1 aliphatic heterocycles. The van der Waals surface area contributed by atoms with Gasteiger partial charge in [-0.15, -0.1) is 12.4 Å². The number of amides is 1. The number of H-pyrrole nitrogens is 1. The van der Waals surface area contributed by atoms with Crippen molar-refractivity contribution < 1.29 is 4.79 Å². The third kappa shape index (κ3) is 3.97. The average molecular weight is 353 g/mol. The molecule has 1 aliphatic rings. The zero-order chi connectivity index (χ0) is 17.1. The largest absolute Gasteiger partial charge is 0.337 e. The van der Waals surface area contributed by atoms with Crippen LogP contribution in [0.3, 0.4) is 0 Å². The van der Waals surface area contributed by atoms with Crippen molar-refractivity contribution >= 4 is 18.3 Å². The van der Waals surface area contributed by atoms with Crippen molar-refractivity contribution in [2.75, 3.05) is 13.1 Å². The van der Waals surface area contributed by atoms with Crippen LogP contribution in [-0.4, -0.2) is 41.0 Å². The van der Waals surface area contributed by atoms with E-state index < -0.39 is 0 Å². The van der Waals surface area contributed by atoms with Gasteiger partial charge in [-0.25, -0.2) is 0 Å². The molecule has 7 heteroatoms. The topological polar surface area (TPSA) is 89.0 Å². The molecule has 0 aromatic carbocycles. The second-order valence-corrected chi connectivity index (χ2v) is 6.24. The molecule has 2 atom stereocenters. The number of nitrogens with zero attached hydrogens (tertiary/aromatic N) is 2. The molecule has 2 heterocycles. The van der Waals surface area contributed by atoms with E-state index in [1.165, 1.54) is 0 Å². The van der Waals surface area contributed by atoms with Crippen LogP contribution in [0.4, 0.5) is 0 Å². The molecule has 0 saturated carbocycles. The second kappa shape index (κ2) is 8.32. The van der Waals surface area contributed by atoms with E-state index in [1.54, 1.807) is 6.92 Å². The highest BCUT2D eigenvalue weighted by Crippen LogP contribution is 2.17. The number of piperazine rings is 1. The summed E-state index contributed by atoms with van der Waals surface area (Å²) in [6.07, 6.45) is 0.919. The summed E-state index contributed by atoms with van der Waals surface area (Å²) in [5.41, 5.74) is 2.10. The smallest absolute Gasteiger partial charge is 0.266 e. The summed E-state index contributed by atoms with van der Waals surface area (Å²) in [6.45, 7) is 9.25. The number of rotatable bonds is 3. The van der Waals surface area contributed by atoms with Gasteiger partial charge in [0.2, 0.25) is 5.91 Å². The van der Waals surface area contributed by atoms with Crippen LogP contribution in [0.15, 0.2) is 4.79 Å². The molecule has 1 aromatic heterocycles. The molecule has 6 nitrogen and oxygen atoms in total. The van der Waals surface area contributed by atoms with Crippen LogP contribution in [0.2, 0.25) is 0 Å². The fourth-order valence-corrected chi connectivity index (χ4v) is 3.20. The molecule has 0 bridgehead atoms. The van der Waals surface area contributed by atoms with Crippen LogP contribution in [0, 0.1) is 25.2 Å². The molecule has 2 rings (SSSR count). The number of carbonyl (C=O) groups excluding carboxylic acids is 1. The molecule has 1 fully saturated rings. The zero-order valence-corrected chi connectivity index (χ0v) is 15.4. The number of nitriles is 1. The monoisotopic (exact) mass is 352 g/mol. The van der Waals surface area contributed by atoms with Gasteiger partial charge in [-0.05, 0) is 45.2 Å². The first-order chi connectivity index (χ1) is 10.9. The molecule has 2 unspecified atom stereocenters. The van der Waals surface area contributed by atoms with Crippen molar-refractivity contribution in [2.45, 2.75) is 52.6 Å². The third-order valence-corrected chi connectivity index (χ3v) is 4.86. The van der Waals surface area contributed by atoms with E-state index in [9.17, 15) is 9.59 Å². The minimum absolute atomic E-state index is 0. The second-order valence-electron chi connectivity index (χ2n) is 6.24. The van der Waals surface area contributed by atoms with Crippen molar-refractivity contribution in [3.05, 3.63) is 32.7 Å². The number of hydrogen-bond acceptors (Lipinski definition) is 4. The normalized spacial score (nSPS) is 20.2. The molecule has 1 amide bonds. The highest BCUT2D eigenvalue weighted by atomic mass is 35.5. The fourth-order valence-electron chi connectivity index (χ4n) is 3.20. The van der Waals surface area contributed by atoms with Crippen LogP contribution >= 0.6 is 12.4 Å². The molecular formula is C17H25ClN4O2. The minimum Gasteiger partial charge on any atom is -0.337 e. The quantitative estimate of drug-likeness (QED) is 0.861. The molecule has 0 aliphatic carbocycles. The Morgan fingerprint density at radius 2 is 2.04 bits per heavy atom. The molecule has 0 radical (unpaired) electrons. The van der Waals surface area contributed by atoms with Gasteiger partial charge in [0.15, 0.2) is 0 Å². The predicted octanol–water partition coefficient (Wildman–Crippen LogP) is 1.43. The molecule has 0 spiro atoms. The van der Waals surface area contributed by atoms with Crippen molar-refractivity contribution in [2.24, 2.45) is 0 Å². The molecule has 2 N–H and O–H groups in total. The Labute approximate surface area is 148 Å². The summed E-state index contributed by atoms with van der Waals surface area (Å²) in [6, 6.07) is 2.40. The first-order valence-electron chi connectivity index (χ1n) is 8.02. The summed E-state index contributed by atoms with van der Waals surface area (Å²) in [7, 11) is 0. The highest BCUT2D eigenvalue weighted by Gasteiger charge is 2.27. The summed E-state index contributed by atoms with van der Waals surface area (Å²) in [4.78, 5) is 28.9. The number of halogens is 1. The molecule has 1 saturated heterocycles. The van der Waals surface area contributed by atoms with Crippen LogP contribution in [0.1, 0.15) is 42.7 Å². The van der Waals surface area contributed by atoms with Crippen LogP contribution in [-0.2, 0) is 11.2 Å². The maximum absolute atomic E-state index is 12.5. The Morgan fingerprint density at radius 1 is 1.38 bits per heavy atom. The first kappa shape index (κ1) is 20.2. The first-order valence-corrected chi connectivity index (χ1v) is 8.02. The number of pyridine rings is 1. The maximum atomic E-state index is 12.5. The van der Waals surface area contributed by atoms with Crippen molar-refractivity contribution in [1.82, 2.24) is 15.2 Å². The lowest BCUT2D eigenvalue weighted by Gasteiger charge is -2.38. The van der Waals surface area contributed by atoms with Gasteiger partial charge in [0.25, 0.3) is 5.56 Å². The summed E-state index contributed by atoms with van der Waals surface area (Å²) in [5.74, 6) is 0.120. The van der Waals surface area contributed by atoms with Crippen LogP contribution < -0.4 is 10.9 Å². The Hall–Kier alpha value is -1.84. The van der Waals surface area contributed by atoms with Crippen LogP contribution in [0.25, 0.3) is 0 Å². The molecule has 24 heavy (non-hydrogen) atoms. The minimum atomic E-state index is -0.359. The maximum Gasteiger partial charge on any atom is 0.266 e. The van der Waals surface area contributed by atoms with Crippen molar-refractivity contribution in [1.29, 1.82) is 5.26 Å². The SMILES string of the molecule is Cc1[nH]c(=O)c(C#N)c(C)c1CCC(=O)N1CCNC(C)C1C.Cl. The van der Waals surface area contributed by atoms with Gasteiger partial charge in [-0.3, -0.25) is 9.59 Å². The summed E-state index contributed by atoms with van der Waals surface area (Å²) >= 11 is 0. The van der Waals surface area contributed by atoms with Gasteiger partial charge < -0.3 is 15.2 Å². The van der Waals surface area contributed by atoms with E-state index in [2.05, 4.69) is 24.1 Å². The average Bonchev–Trinajstić information content (AvgIpc) is 2.49. The summed E-state index contributed by atoms with van der Waals surface area (Å²) < 4.78 is 0. The number of aromatic nitrogens is 1. The Kier molecular flexibility index (Phi) is 7.00. The zero-order valence-electron chi connectivity index (χ0n) is 14.6. The van der Waals surface area contributed by atoms with Gasteiger partial charge in [0.05, 0.1) is 0 Å². The van der Waals surface area contributed by atoms with Gasteiger partial charge in [0.1, 0.15) is 11.6 Å². The molecule has 132 valence electrons. The van der Waals surface area contributed by atoms with E-state index in [1.807, 2.05) is 17.9 Å². The Bertz CT molecular complexity index is 708. The third-order valence-electron chi connectivity index (χ3n) is 4.86.